The van der Waals surface area contributed by atoms with Gasteiger partial charge in [-0.25, -0.2) is 4.79 Å². The summed E-state index contributed by atoms with van der Waals surface area (Å²) in [4.78, 5) is 11.4. The lowest BCUT2D eigenvalue weighted by atomic mass is 10.1. The molecule has 124 valence electrons. The van der Waals surface area contributed by atoms with Gasteiger partial charge in [-0.3, -0.25) is 0 Å². The number of benzene rings is 1. The van der Waals surface area contributed by atoms with Crippen LogP contribution in [0.5, 0.6) is 0 Å². The molecule has 2 fully saturated rings. The molecule has 0 aliphatic carbocycles. The number of carbonyl (C=O) groups is 1. The lowest BCUT2D eigenvalue weighted by molar-refractivity contribution is -0.192. The first-order valence-electron chi connectivity index (χ1n) is 7.12. The highest BCUT2D eigenvalue weighted by atomic mass is 19.4. The van der Waals surface area contributed by atoms with E-state index in [1.165, 1.54) is 18.5 Å². The highest BCUT2D eigenvalue weighted by molar-refractivity contribution is 5.73. The third kappa shape index (κ3) is 4.13. The van der Waals surface area contributed by atoms with E-state index in [0.29, 0.717) is 12.1 Å². The van der Waals surface area contributed by atoms with Crippen LogP contribution in [0.4, 0.5) is 18.9 Å². The number of carboxylic acid groups (broad SMARTS) is 1. The summed E-state index contributed by atoms with van der Waals surface area (Å²) in [5.74, 6) is -2.76. The number of carboxylic acids is 1. The Morgan fingerprint density at radius 1 is 1.22 bits per heavy atom. The lowest BCUT2D eigenvalue weighted by Gasteiger charge is -2.37. The molecule has 2 unspecified atom stereocenters. The summed E-state index contributed by atoms with van der Waals surface area (Å²) in [5, 5.41) is 19.4. The van der Waals surface area contributed by atoms with Gasteiger partial charge in [0.2, 0.25) is 0 Å². The predicted octanol–water partition coefficient (Wildman–Crippen LogP) is 2.13. The summed E-state index contributed by atoms with van der Waals surface area (Å²) in [6, 6.07) is 11.4. The van der Waals surface area contributed by atoms with E-state index in [4.69, 9.17) is 15.2 Å². The van der Waals surface area contributed by atoms with E-state index in [0.717, 1.165) is 18.7 Å². The number of hydrogen-bond acceptors (Lipinski definition) is 4. The molecule has 5 nitrogen and oxygen atoms in total. The smallest absolute Gasteiger partial charge is 0.475 e. The van der Waals surface area contributed by atoms with Gasteiger partial charge in [0.1, 0.15) is 0 Å². The number of nitrogens with zero attached hydrogens (tertiary/aromatic N) is 2. The number of anilines is 1. The van der Waals surface area contributed by atoms with Crippen LogP contribution in [0.2, 0.25) is 0 Å². The zero-order valence-electron chi connectivity index (χ0n) is 12.2. The third-order valence-electron chi connectivity index (χ3n) is 3.92. The van der Waals surface area contributed by atoms with Crippen molar-refractivity contribution in [1.29, 1.82) is 5.26 Å². The van der Waals surface area contributed by atoms with Gasteiger partial charge < -0.3 is 15.3 Å². The molecule has 0 spiro atoms. The maximum Gasteiger partial charge on any atom is 0.490 e. The van der Waals surface area contributed by atoms with Crippen LogP contribution in [-0.4, -0.2) is 42.4 Å². The molecular weight excluding hydrogens is 311 g/mol. The minimum atomic E-state index is -5.08. The fraction of sp³-hybridized carbons (Fsp3) is 0.467. The number of alkyl halides is 3. The Morgan fingerprint density at radius 3 is 2.09 bits per heavy atom. The van der Waals surface area contributed by atoms with Crippen molar-refractivity contribution < 1.29 is 23.1 Å². The van der Waals surface area contributed by atoms with Gasteiger partial charge in [0.25, 0.3) is 0 Å². The SMILES string of the molecule is N#Cc1ccc(N2C3CCC2CNC3)cc1.O=C(O)C(F)(F)F. The van der Waals surface area contributed by atoms with Crippen molar-refractivity contribution in [3.05, 3.63) is 29.8 Å². The van der Waals surface area contributed by atoms with Crippen molar-refractivity contribution in [2.24, 2.45) is 0 Å². The Labute approximate surface area is 131 Å². The fourth-order valence-corrected chi connectivity index (χ4v) is 2.91. The predicted molar refractivity (Wildman–Crippen MR) is 77.0 cm³/mol. The number of nitrogens with one attached hydrogen (secondary N) is 1. The monoisotopic (exact) mass is 327 g/mol. The molecule has 0 aromatic heterocycles. The molecule has 0 saturated carbocycles. The molecule has 2 bridgehead atoms. The largest absolute Gasteiger partial charge is 0.490 e. The van der Waals surface area contributed by atoms with Crippen molar-refractivity contribution in [3.8, 4) is 6.07 Å². The molecule has 2 N–H and O–H groups in total. The number of fused-ring (bicyclic) bond motifs is 2. The summed E-state index contributed by atoms with van der Waals surface area (Å²) < 4.78 is 31.7. The summed E-state index contributed by atoms with van der Waals surface area (Å²) >= 11 is 0. The average Bonchev–Trinajstić information content (AvgIpc) is 2.76. The number of rotatable bonds is 1. The van der Waals surface area contributed by atoms with E-state index < -0.39 is 12.1 Å². The molecular formula is C15H16F3N3O2. The van der Waals surface area contributed by atoms with Crippen LogP contribution in [-0.2, 0) is 4.79 Å². The molecule has 2 heterocycles. The molecule has 1 aromatic carbocycles. The Morgan fingerprint density at radius 2 is 1.70 bits per heavy atom. The van der Waals surface area contributed by atoms with Crippen LogP contribution in [0.25, 0.3) is 0 Å². The van der Waals surface area contributed by atoms with Gasteiger partial charge in [-0.15, -0.1) is 0 Å². The van der Waals surface area contributed by atoms with E-state index >= 15 is 0 Å². The van der Waals surface area contributed by atoms with Crippen LogP contribution >= 0.6 is 0 Å². The van der Waals surface area contributed by atoms with Gasteiger partial charge in [-0.1, -0.05) is 0 Å². The first-order valence-corrected chi connectivity index (χ1v) is 7.12. The van der Waals surface area contributed by atoms with E-state index in [1.807, 2.05) is 12.1 Å². The van der Waals surface area contributed by atoms with Crippen molar-refractivity contribution >= 4 is 11.7 Å². The Kier molecular flexibility index (Phi) is 5.11. The first-order chi connectivity index (χ1) is 10.8. The van der Waals surface area contributed by atoms with Gasteiger partial charge in [0.05, 0.1) is 11.6 Å². The van der Waals surface area contributed by atoms with E-state index in [-0.39, 0.29) is 0 Å². The standard InChI is InChI=1S/C13H15N3.C2HF3O2/c14-7-10-1-3-11(4-2-10)16-12-5-6-13(16)9-15-8-12;3-2(4,5)1(6)7/h1-4,12-13,15H,5-6,8-9H2;(H,6,7). The maximum absolute atomic E-state index is 10.6. The zero-order valence-corrected chi connectivity index (χ0v) is 12.2. The summed E-state index contributed by atoms with van der Waals surface area (Å²) in [5.41, 5.74) is 2.01. The van der Waals surface area contributed by atoms with Gasteiger partial charge in [0.15, 0.2) is 0 Å². The van der Waals surface area contributed by atoms with Crippen LogP contribution in [0.1, 0.15) is 18.4 Å². The van der Waals surface area contributed by atoms with Crippen LogP contribution in [0.15, 0.2) is 24.3 Å². The minimum Gasteiger partial charge on any atom is -0.475 e. The molecule has 23 heavy (non-hydrogen) atoms. The molecule has 0 radical (unpaired) electrons. The van der Waals surface area contributed by atoms with Gasteiger partial charge >= 0.3 is 12.1 Å². The van der Waals surface area contributed by atoms with E-state index in [9.17, 15) is 13.2 Å². The highest BCUT2D eigenvalue weighted by Gasteiger charge is 2.38. The number of nitriles is 1. The molecule has 2 aliphatic rings. The summed E-state index contributed by atoms with van der Waals surface area (Å²) in [6.45, 7) is 2.19. The van der Waals surface area contributed by atoms with Crippen LogP contribution < -0.4 is 10.2 Å². The van der Waals surface area contributed by atoms with Gasteiger partial charge in [-0.05, 0) is 37.1 Å². The second kappa shape index (κ2) is 6.87. The van der Waals surface area contributed by atoms with Crippen LogP contribution in [0, 0.1) is 11.3 Å². The summed E-state index contributed by atoms with van der Waals surface area (Å²) in [7, 11) is 0. The van der Waals surface area contributed by atoms with E-state index in [1.54, 1.807) is 0 Å². The Balaban J connectivity index is 0.000000236. The Bertz CT molecular complexity index is 579. The molecule has 2 atom stereocenters. The topological polar surface area (TPSA) is 76.4 Å². The second-order valence-corrected chi connectivity index (χ2v) is 5.41. The third-order valence-corrected chi connectivity index (χ3v) is 3.92. The highest BCUT2D eigenvalue weighted by Crippen LogP contribution is 2.32. The van der Waals surface area contributed by atoms with Crippen molar-refractivity contribution in [2.75, 3.05) is 18.0 Å². The average molecular weight is 327 g/mol. The number of aliphatic carboxylic acids is 1. The number of hydrogen-bond donors (Lipinski definition) is 2. The fourth-order valence-electron chi connectivity index (χ4n) is 2.91. The van der Waals surface area contributed by atoms with Crippen molar-refractivity contribution in [3.63, 3.8) is 0 Å². The molecule has 8 heteroatoms. The quantitative estimate of drug-likeness (QED) is 0.826. The minimum absolute atomic E-state index is 0.645. The van der Waals surface area contributed by atoms with Gasteiger partial charge in [-0.2, -0.15) is 18.4 Å². The number of piperazine rings is 1. The normalized spacial score (nSPS) is 22.8. The number of halogens is 3. The maximum atomic E-state index is 10.6. The van der Waals surface area contributed by atoms with Crippen molar-refractivity contribution in [1.82, 2.24) is 5.32 Å². The zero-order chi connectivity index (χ0) is 17.0. The molecule has 1 aromatic rings. The Hall–Kier alpha value is -2.27. The second-order valence-electron chi connectivity index (χ2n) is 5.41. The van der Waals surface area contributed by atoms with Crippen LogP contribution in [0.3, 0.4) is 0 Å². The molecule has 0 amide bonds. The first kappa shape index (κ1) is 17.1. The molecule has 2 saturated heterocycles. The summed E-state index contributed by atoms with van der Waals surface area (Å²) in [6.07, 6.45) is -2.50. The lowest BCUT2D eigenvalue weighted by Crippen LogP contribution is -2.51. The molecule has 3 rings (SSSR count). The molecule has 2 aliphatic heterocycles. The van der Waals surface area contributed by atoms with Gasteiger partial charge in [0, 0.05) is 30.9 Å². The van der Waals surface area contributed by atoms with E-state index in [2.05, 4.69) is 28.4 Å². The van der Waals surface area contributed by atoms with Crippen molar-refractivity contribution in [2.45, 2.75) is 31.1 Å².